The molecule has 1 aromatic rings. The van der Waals surface area contributed by atoms with Gasteiger partial charge in [-0.2, -0.15) is 0 Å². The van der Waals surface area contributed by atoms with Crippen molar-refractivity contribution < 1.29 is 19.1 Å². The maximum absolute atomic E-state index is 13.8. The van der Waals surface area contributed by atoms with Crippen LogP contribution < -0.4 is 10.6 Å². The minimum absolute atomic E-state index is 0.00138. The van der Waals surface area contributed by atoms with Crippen molar-refractivity contribution in [1.29, 1.82) is 0 Å². The fraction of sp³-hybridized carbons (Fsp3) is 0.467. The third-order valence-corrected chi connectivity index (χ3v) is 3.63. The van der Waals surface area contributed by atoms with Crippen molar-refractivity contribution in [3.8, 4) is 0 Å². The fourth-order valence-electron chi connectivity index (χ4n) is 2.55. The van der Waals surface area contributed by atoms with E-state index in [2.05, 4.69) is 10.6 Å². The van der Waals surface area contributed by atoms with Crippen molar-refractivity contribution in [1.82, 2.24) is 4.90 Å². The molecule has 0 spiro atoms. The summed E-state index contributed by atoms with van der Waals surface area (Å²) in [5.41, 5.74) is 0.403. The maximum atomic E-state index is 13.8. The van der Waals surface area contributed by atoms with Gasteiger partial charge in [0, 0.05) is 19.2 Å². The Balaban J connectivity index is 2.11. The molecule has 0 bridgehead atoms. The average Bonchev–Trinajstić information content (AvgIpc) is 2.50. The van der Waals surface area contributed by atoms with Crippen LogP contribution >= 0.6 is 0 Å². The van der Waals surface area contributed by atoms with E-state index < -0.39 is 11.8 Å². The molecule has 3 amide bonds. The summed E-state index contributed by atoms with van der Waals surface area (Å²) in [6.07, 6.45) is 2.55. The van der Waals surface area contributed by atoms with Gasteiger partial charge in [0.1, 0.15) is 5.82 Å². The second-order valence-electron chi connectivity index (χ2n) is 5.33. The predicted molar refractivity (Wildman–Crippen MR) is 81.2 cm³/mol. The lowest BCUT2D eigenvalue weighted by Gasteiger charge is -2.34. The van der Waals surface area contributed by atoms with Gasteiger partial charge in [-0.1, -0.05) is 0 Å². The van der Waals surface area contributed by atoms with Crippen LogP contribution in [0.5, 0.6) is 0 Å². The Hall–Kier alpha value is -2.15. The number of anilines is 2. The molecule has 120 valence electrons. The lowest BCUT2D eigenvalue weighted by atomic mass is 10.0. The van der Waals surface area contributed by atoms with Gasteiger partial charge in [-0.25, -0.2) is 9.18 Å². The molecule has 1 aliphatic rings. The van der Waals surface area contributed by atoms with Crippen molar-refractivity contribution in [2.24, 2.45) is 0 Å². The summed E-state index contributed by atoms with van der Waals surface area (Å²) in [5, 5.41) is 14.4. The number of aliphatic hydroxyl groups excluding tert-OH is 1. The Morgan fingerprint density at radius 3 is 2.82 bits per heavy atom. The van der Waals surface area contributed by atoms with Crippen molar-refractivity contribution >= 4 is 23.3 Å². The Morgan fingerprint density at radius 1 is 1.36 bits per heavy atom. The zero-order chi connectivity index (χ0) is 16.1. The lowest BCUT2D eigenvalue weighted by Crippen LogP contribution is -2.47. The summed E-state index contributed by atoms with van der Waals surface area (Å²) in [6.45, 7) is 1.77. The van der Waals surface area contributed by atoms with Gasteiger partial charge in [0.2, 0.25) is 5.91 Å². The Morgan fingerprint density at radius 2 is 2.14 bits per heavy atom. The molecule has 0 radical (unpaired) electrons. The number of urea groups is 1. The molecular formula is C15H20FN3O3. The topological polar surface area (TPSA) is 81.7 Å². The highest BCUT2D eigenvalue weighted by atomic mass is 19.1. The molecule has 1 aliphatic heterocycles. The number of carbonyl (C=O) groups excluding carboxylic acids is 2. The summed E-state index contributed by atoms with van der Waals surface area (Å²) >= 11 is 0. The minimum Gasteiger partial charge on any atom is -0.394 e. The normalized spacial score (nSPS) is 18.0. The molecule has 1 aromatic carbocycles. The van der Waals surface area contributed by atoms with Crippen molar-refractivity contribution in [3.05, 3.63) is 24.0 Å². The number of amides is 3. The number of rotatable bonds is 3. The van der Waals surface area contributed by atoms with Crippen LogP contribution in [-0.2, 0) is 4.79 Å². The highest BCUT2D eigenvalue weighted by molar-refractivity contribution is 5.92. The van der Waals surface area contributed by atoms with Crippen molar-refractivity contribution in [2.45, 2.75) is 32.2 Å². The van der Waals surface area contributed by atoms with Gasteiger partial charge in [-0.15, -0.1) is 0 Å². The summed E-state index contributed by atoms with van der Waals surface area (Å²) < 4.78 is 13.8. The molecule has 1 unspecified atom stereocenters. The quantitative estimate of drug-likeness (QED) is 0.800. The van der Waals surface area contributed by atoms with E-state index in [-0.39, 0.29) is 24.2 Å². The van der Waals surface area contributed by atoms with E-state index in [1.165, 1.54) is 30.0 Å². The predicted octanol–water partition coefficient (Wildman–Crippen LogP) is 2.16. The van der Waals surface area contributed by atoms with Gasteiger partial charge < -0.3 is 20.6 Å². The van der Waals surface area contributed by atoms with E-state index in [0.717, 1.165) is 19.3 Å². The van der Waals surface area contributed by atoms with Crippen LogP contribution in [0.1, 0.15) is 26.2 Å². The third kappa shape index (κ3) is 3.94. The molecule has 22 heavy (non-hydrogen) atoms. The van der Waals surface area contributed by atoms with Crippen LogP contribution in [0.2, 0.25) is 0 Å². The van der Waals surface area contributed by atoms with Crippen LogP contribution in [0, 0.1) is 5.82 Å². The Bertz CT molecular complexity index is 565. The Labute approximate surface area is 128 Å². The molecule has 7 heteroatoms. The van der Waals surface area contributed by atoms with E-state index in [9.17, 15) is 19.1 Å². The zero-order valence-electron chi connectivity index (χ0n) is 12.4. The molecule has 0 aliphatic carbocycles. The number of nitrogens with one attached hydrogen (secondary N) is 2. The molecular weight excluding hydrogens is 289 g/mol. The molecule has 1 heterocycles. The number of halogens is 1. The lowest BCUT2D eigenvalue weighted by molar-refractivity contribution is -0.114. The van der Waals surface area contributed by atoms with Crippen LogP contribution in [0.15, 0.2) is 18.2 Å². The second kappa shape index (κ2) is 7.22. The van der Waals surface area contributed by atoms with E-state index in [4.69, 9.17) is 0 Å². The van der Waals surface area contributed by atoms with E-state index in [0.29, 0.717) is 12.2 Å². The van der Waals surface area contributed by atoms with E-state index in [1.807, 2.05) is 0 Å². The van der Waals surface area contributed by atoms with Crippen LogP contribution in [-0.4, -0.2) is 41.1 Å². The third-order valence-electron chi connectivity index (χ3n) is 3.63. The minimum atomic E-state index is -0.583. The first-order valence-corrected chi connectivity index (χ1v) is 7.27. The summed E-state index contributed by atoms with van der Waals surface area (Å²) in [6, 6.07) is 3.28. The van der Waals surface area contributed by atoms with Gasteiger partial charge in [0.15, 0.2) is 0 Å². The molecule has 2 rings (SSSR count). The number of piperidine rings is 1. The molecule has 0 aromatic heterocycles. The van der Waals surface area contributed by atoms with Gasteiger partial charge in [0.05, 0.1) is 18.3 Å². The maximum Gasteiger partial charge on any atom is 0.322 e. The highest BCUT2D eigenvalue weighted by Crippen LogP contribution is 2.22. The van der Waals surface area contributed by atoms with E-state index >= 15 is 0 Å². The highest BCUT2D eigenvalue weighted by Gasteiger charge is 2.26. The molecule has 1 atom stereocenters. The number of likely N-dealkylation sites (tertiary alicyclic amines) is 1. The monoisotopic (exact) mass is 309 g/mol. The van der Waals surface area contributed by atoms with Gasteiger partial charge >= 0.3 is 6.03 Å². The number of benzene rings is 1. The zero-order valence-corrected chi connectivity index (χ0v) is 12.4. The first-order valence-electron chi connectivity index (χ1n) is 7.27. The van der Waals surface area contributed by atoms with E-state index in [1.54, 1.807) is 0 Å². The van der Waals surface area contributed by atoms with Gasteiger partial charge in [-0.05, 0) is 37.5 Å². The van der Waals surface area contributed by atoms with Crippen LogP contribution in [0.4, 0.5) is 20.6 Å². The largest absolute Gasteiger partial charge is 0.394 e. The number of hydrogen-bond donors (Lipinski definition) is 3. The van der Waals surface area contributed by atoms with Gasteiger partial charge in [-0.3, -0.25) is 4.79 Å². The van der Waals surface area contributed by atoms with Crippen LogP contribution in [0.3, 0.4) is 0 Å². The number of carbonyl (C=O) groups is 2. The first kappa shape index (κ1) is 16.2. The SMILES string of the molecule is CC(=O)Nc1ccc(F)c(NC(=O)N2CCCCC2CO)c1. The number of aliphatic hydroxyl groups is 1. The summed E-state index contributed by atoms with van der Waals surface area (Å²) in [7, 11) is 0. The standard InChI is InChI=1S/C15H20FN3O3/c1-10(21)17-11-5-6-13(16)14(8-11)18-15(22)19-7-3-2-4-12(19)9-20/h5-6,8,12,20H,2-4,7,9H2,1H3,(H,17,21)(H,18,22). The van der Waals surface area contributed by atoms with Crippen LogP contribution in [0.25, 0.3) is 0 Å². The smallest absolute Gasteiger partial charge is 0.322 e. The molecule has 1 saturated heterocycles. The number of hydrogen-bond acceptors (Lipinski definition) is 3. The second-order valence-corrected chi connectivity index (χ2v) is 5.33. The average molecular weight is 309 g/mol. The summed E-state index contributed by atoms with van der Waals surface area (Å²) in [5.74, 6) is -0.861. The fourth-order valence-corrected chi connectivity index (χ4v) is 2.55. The molecule has 0 saturated carbocycles. The Kier molecular flexibility index (Phi) is 5.32. The molecule has 1 fully saturated rings. The van der Waals surface area contributed by atoms with Crippen molar-refractivity contribution in [2.75, 3.05) is 23.8 Å². The summed E-state index contributed by atoms with van der Waals surface area (Å²) in [4.78, 5) is 24.8. The molecule has 3 N–H and O–H groups in total. The van der Waals surface area contributed by atoms with Crippen molar-refractivity contribution in [3.63, 3.8) is 0 Å². The molecule has 6 nitrogen and oxygen atoms in total. The number of nitrogens with zero attached hydrogens (tertiary/aromatic N) is 1. The first-order chi connectivity index (χ1) is 10.5. The van der Waals surface area contributed by atoms with Gasteiger partial charge in [0.25, 0.3) is 0 Å².